The number of nitrogen functional groups attached to an aromatic ring is 1. The molecule has 0 atom stereocenters. The number of hydrogen-bond donors (Lipinski definition) is 5. The van der Waals surface area contributed by atoms with Crippen LogP contribution in [0.4, 0.5) is 11.8 Å². The molecule has 0 saturated heterocycles. The number of nitrogens with two attached hydrogens (primary N) is 2. The molecule has 2 aromatic heterocycles. The minimum atomic E-state index is 0.0463. The summed E-state index contributed by atoms with van der Waals surface area (Å²) in [6.45, 7) is 6.01. The standard InChI is InChI=1S/C23H28N6O.C5H10O.C2H6O/c1-3-4-11-26-22-21-20(27-23(25)28-22)17-7-5-6-8-18(17)29(21)14-16-12-15(13-24)9-10-19(16)30-2;6-5-3-1-2-4-5;1-2-3/h5-10,12H,3-4,11,13-14,24H2,1-2H3,(H3,25,26,27,28);5-6H,1-4H2;3H,2H2,1H3. The quantitative estimate of drug-likeness (QED) is 0.202. The summed E-state index contributed by atoms with van der Waals surface area (Å²) in [5.74, 6) is 1.86. The molecule has 2 heterocycles. The number of anilines is 2. The van der Waals surface area contributed by atoms with E-state index in [1.165, 1.54) is 12.8 Å². The number of aliphatic hydroxyl groups is 2. The molecule has 2 aromatic carbocycles. The van der Waals surface area contributed by atoms with Crippen LogP contribution in [0.5, 0.6) is 5.75 Å². The monoisotopic (exact) mass is 536 g/mol. The lowest BCUT2D eigenvalue weighted by molar-refractivity contribution is 0.183. The van der Waals surface area contributed by atoms with E-state index in [1.54, 1.807) is 14.0 Å². The molecule has 0 radical (unpaired) electrons. The van der Waals surface area contributed by atoms with Gasteiger partial charge >= 0.3 is 0 Å². The number of nitrogens with zero attached hydrogens (tertiary/aromatic N) is 3. The molecule has 0 bridgehead atoms. The van der Waals surface area contributed by atoms with Gasteiger partial charge in [0.2, 0.25) is 5.95 Å². The van der Waals surface area contributed by atoms with E-state index in [2.05, 4.69) is 45.0 Å². The largest absolute Gasteiger partial charge is 0.496 e. The minimum absolute atomic E-state index is 0.0463. The normalized spacial score (nSPS) is 13.1. The summed E-state index contributed by atoms with van der Waals surface area (Å²) in [7, 11) is 1.69. The number of hydrogen-bond acceptors (Lipinski definition) is 8. The van der Waals surface area contributed by atoms with Gasteiger partial charge in [-0.25, -0.2) is 4.98 Å². The van der Waals surface area contributed by atoms with E-state index >= 15 is 0 Å². The van der Waals surface area contributed by atoms with Crippen LogP contribution in [-0.2, 0) is 13.1 Å². The summed E-state index contributed by atoms with van der Waals surface area (Å²) in [6, 6.07) is 14.3. The molecule has 5 rings (SSSR count). The lowest BCUT2D eigenvalue weighted by Crippen LogP contribution is -2.10. The fourth-order valence-corrected chi connectivity index (χ4v) is 4.77. The van der Waals surface area contributed by atoms with Crippen LogP contribution in [0.3, 0.4) is 0 Å². The molecule has 1 saturated carbocycles. The van der Waals surface area contributed by atoms with Crippen molar-refractivity contribution in [3.05, 3.63) is 53.6 Å². The van der Waals surface area contributed by atoms with Gasteiger partial charge in [0.15, 0.2) is 5.82 Å². The highest BCUT2D eigenvalue weighted by atomic mass is 16.5. The molecule has 1 aliphatic carbocycles. The van der Waals surface area contributed by atoms with Crippen molar-refractivity contribution in [1.29, 1.82) is 0 Å². The smallest absolute Gasteiger partial charge is 0.222 e. The molecule has 9 nitrogen and oxygen atoms in total. The predicted octanol–water partition coefficient (Wildman–Crippen LogP) is 4.81. The van der Waals surface area contributed by atoms with Crippen LogP contribution in [-0.4, -0.2) is 51.1 Å². The second-order valence-electron chi connectivity index (χ2n) is 9.62. The fourth-order valence-electron chi connectivity index (χ4n) is 4.77. The summed E-state index contributed by atoms with van der Waals surface area (Å²) < 4.78 is 7.86. The summed E-state index contributed by atoms with van der Waals surface area (Å²) in [4.78, 5) is 9.12. The highest BCUT2D eigenvalue weighted by molar-refractivity contribution is 6.09. The van der Waals surface area contributed by atoms with E-state index in [9.17, 15) is 0 Å². The molecule has 0 spiro atoms. The average Bonchev–Trinajstić information content (AvgIpc) is 3.54. The zero-order valence-electron chi connectivity index (χ0n) is 23.5. The third-order valence-electron chi connectivity index (χ3n) is 6.68. The van der Waals surface area contributed by atoms with Crippen LogP contribution in [0, 0.1) is 0 Å². The number of benzene rings is 2. The van der Waals surface area contributed by atoms with Gasteiger partial charge in [-0.15, -0.1) is 0 Å². The van der Waals surface area contributed by atoms with Gasteiger partial charge in [0, 0.05) is 30.6 Å². The van der Waals surface area contributed by atoms with Crippen LogP contribution in [0.1, 0.15) is 63.5 Å². The molecule has 0 aliphatic heterocycles. The number of fused-ring (bicyclic) bond motifs is 3. The van der Waals surface area contributed by atoms with Gasteiger partial charge in [-0.05, 0) is 49.9 Å². The van der Waals surface area contributed by atoms with Gasteiger partial charge in [-0.2, -0.15) is 4.98 Å². The van der Waals surface area contributed by atoms with Crippen molar-refractivity contribution in [2.75, 3.05) is 31.3 Å². The Bertz CT molecular complexity index is 1320. The average molecular weight is 537 g/mol. The van der Waals surface area contributed by atoms with Crippen LogP contribution >= 0.6 is 0 Å². The Hall–Kier alpha value is -3.40. The first-order valence-electron chi connectivity index (χ1n) is 13.9. The summed E-state index contributed by atoms with van der Waals surface area (Å²) in [5, 5.41) is 20.8. The van der Waals surface area contributed by atoms with E-state index in [4.69, 9.17) is 26.4 Å². The Morgan fingerprint density at radius 1 is 1.10 bits per heavy atom. The molecule has 4 aromatic rings. The Morgan fingerprint density at radius 3 is 2.44 bits per heavy atom. The molecule has 0 unspecified atom stereocenters. The molecule has 212 valence electrons. The SMILES string of the molecule is CCCCNc1nc(N)nc2c3ccccc3n(Cc3cc(CN)ccc3OC)c12.CCO.OC1CCCC1. The topological polar surface area (TPSA) is 144 Å². The maximum Gasteiger partial charge on any atom is 0.222 e. The fraction of sp³-hybridized carbons (Fsp3) is 0.467. The third-order valence-corrected chi connectivity index (χ3v) is 6.68. The van der Waals surface area contributed by atoms with Crippen molar-refractivity contribution in [3.8, 4) is 5.75 Å². The molecule has 0 amide bonds. The summed E-state index contributed by atoms with van der Waals surface area (Å²) in [5.41, 5.74) is 16.9. The first-order valence-corrected chi connectivity index (χ1v) is 13.9. The van der Waals surface area contributed by atoms with E-state index in [0.29, 0.717) is 13.1 Å². The Kier molecular flexibility index (Phi) is 11.8. The molecular formula is C30H44N6O3. The Morgan fingerprint density at radius 2 is 1.82 bits per heavy atom. The van der Waals surface area contributed by atoms with Gasteiger partial charge in [0.25, 0.3) is 0 Å². The van der Waals surface area contributed by atoms with Crippen molar-refractivity contribution in [1.82, 2.24) is 14.5 Å². The number of para-hydroxylation sites is 1. The van der Waals surface area contributed by atoms with E-state index in [0.717, 1.165) is 76.9 Å². The summed E-state index contributed by atoms with van der Waals surface area (Å²) >= 11 is 0. The molecule has 1 fully saturated rings. The number of methoxy groups -OCH3 is 1. The minimum Gasteiger partial charge on any atom is -0.496 e. The van der Waals surface area contributed by atoms with Gasteiger partial charge in [-0.3, -0.25) is 0 Å². The van der Waals surface area contributed by atoms with Crippen molar-refractivity contribution >= 4 is 33.7 Å². The van der Waals surface area contributed by atoms with E-state index in [-0.39, 0.29) is 18.7 Å². The first kappa shape index (κ1) is 30.1. The van der Waals surface area contributed by atoms with Crippen LogP contribution < -0.4 is 21.5 Å². The zero-order chi connectivity index (χ0) is 28.2. The lowest BCUT2D eigenvalue weighted by Gasteiger charge is -2.15. The van der Waals surface area contributed by atoms with E-state index < -0.39 is 0 Å². The van der Waals surface area contributed by atoms with Crippen molar-refractivity contribution in [2.24, 2.45) is 5.73 Å². The second kappa shape index (κ2) is 15.3. The van der Waals surface area contributed by atoms with Crippen molar-refractivity contribution in [3.63, 3.8) is 0 Å². The van der Waals surface area contributed by atoms with Gasteiger partial charge in [0.05, 0.1) is 25.3 Å². The van der Waals surface area contributed by atoms with Crippen molar-refractivity contribution in [2.45, 2.75) is 71.6 Å². The number of ether oxygens (including phenoxy) is 1. The Balaban J connectivity index is 0.000000400. The van der Waals surface area contributed by atoms with Gasteiger partial charge < -0.3 is 36.3 Å². The molecule has 1 aliphatic rings. The van der Waals surface area contributed by atoms with Crippen molar-refractivity contribution < 1.29 is 14.9 Å². The van der Waals surface area contributed by atoms with Gasteiger partial charge in [-0.1, -0.05) is 50.5 Å². The second-order valence-corrected chi connectivity index (χ2v) is 9.62. The lowest BCUT2D eigenvalue weighted by atomic mass is 10.1. The number of rotatable bonds is 8. The van der Waals surface area contributed by atoms with Crippen LogP contribution in [0.15, 0.2) is 42.5 Å². The predicted molar refractivity (Wildman–Crippen MR) is 160 cm³/mol. The summed E-state index contributed by atoms with van der Waals surface area (Å²) in [6.07, 6.45) is 6.76. The maximum atomic E-state index is 8.73. The molecule has 7 N–H and O–H groups in total. The van der Waals surface area contributed by atoms with E-state index in [1.807, 2.05) is 24.3 Å². The third kappa shape index (κ3) is 7.81. The number of aliphatic hydroxyl groups excluding tert-OH is 2. The molecule has 39 heavy (non-hydrogen) atoms. The highest BCUT2D eigenvalue weighted by Crippen LogP contribution is 2.34. The maximum absolute atomic E-state index is 8.73. The van der Waals surface area contributed by atoms with Gasteiger partial charge in [0.1, 0.15) is 16.8 Å². The Labute approximate surface area is 231 Å². The number of aromatic nitrogens is 3. The number of unbranched alkanes of at least 4 members (excludes halogenated alkanes) is 1. The van der Waals surface area contributed by atoms with Crippen LogP contribution in [0.2, 0.25) is 0 Å². The first-order chi connectivity index (χ1) is 19.0. The highest BCUT2D eigenvalue weighted by Gasteiger charge is 2.19. The van der Waals surface area contributed by atoms with Crippen LogP contribution in [0.25, 0.3) is 21.9 Å². The molecule has 9 heteroatoms. The molecular weight excluding hydrogens is 492 g/mol. The number of nitrogens with one attached hydrogen (secondary N) is 1. The zero-order valence-corrected chi connectivity index (χ0v) is 23.5.